The number of rotatable bonds is 5. The highest BCUT2D eigenvalue weighted by Crippen LogP contribution is 2.10. The van der Waals surface area contributed by atoms with Crippen LogP contribution >= 0.6 is 11.8 Å². The lowest BCUT2D eigenvalue weighted by molar-refractivity contribution is 0.0216. The second kappa shape index (κ2) is 5.86. The molecule has 0 aliphatic rings. The molecule has 0 saturated carbocycles. The second-order valence-electron chi connectivity index (χ2n) is 3.22. The molecule has 0 rings (SSSR count). The third kappa shape index (κ3) is 5.53. The Labute approximate surface area is 73.0 Å². The molecule has 2 atom stereocenters. The van der Waals surface area contributed by atoms with Crippen LogP contribution in [0.1, 0.15) is 20.3 Å². The van der Waals surface area contributed by atoms with Crippen LogP contribution in [0, 0.1) is 5.92 Å². The summed E-state index contributed by atoms with van der Waals surface area (Å²) in [6, 6.07) is 0. The number of aliphatic hydroxyl groups excluding tert-OH is 2. The van der Waals surface area contributed by atoms with Crippen LogP contribution in [0.15, 0.2) is 0 Å². The van der Waals surface area contributed by atoms with E-state index >= 15 is 0 Å². The van der Waals surface area contributed by atoms with Crippen LogP contribution in [0.3, 0.4) is 0 Å². The fourth-order valence-corrected chi connectivity index (χ4v) is 1.49. The molecule has 3 heteroatoms. The van der Waals surface area contributed by atoms with Gasteiger partial charge in [-0.25, -0.2) is 0 Å². The van der Waals surface area contributed by atoms with Gasteiger partial charge in [-0.3, -0.25) is 0 Å². The van der Waals surface area contributed by atoms with Crippen molar-refractivity contribution in [3.63, 3.8) is 0 Å². The maximum Gasteiger partial charge on any atom is 0.0889 e. The Balaban J connectivity index is 3.54. The topological polar surface area (TPSA) is 40.5 Å². The molecule has 0 radical (unpaired) electrons. The first kappa shape index (κ1) is 11.3. The molecule has 0 aromatic rings. The zero-order valence-electron chi connectivity index (χ0n) is 7.45. The Morgan fingerprint density at radius 1 is 1.18 bits per heavy atom. The fraction of sp³-hybridized carbons (Fsp3) is 1.00. The van der Waals surface area contributed by atoms with E-state index in [1.165, 1.54) is 0 Å². The maximum atomic E-state index is 9.36. The first-order chi connectivity index (χ1) is 5.07. The van der Waals surface area contributed by atoms with Crippen molar-refractivity contribution in [2.75, 3.05) is 12.0 Å². The van der Waals surface area contributed by atoms with Crippen LogP contribution in [-0.2, 0) is 0 Å². The Kier molecular flexibility index (Phi) is 6.01. The Morgan fingerprint density at radius 3 is 2.09 bits per heavy atom. The third-order valence-electron chi connectivity index (χ3n) is 1.49. The summed E-state index contributed by atoms with van der Waals surface area (Å²) in [5.74, 6) is 1.06. The van der Waals surface area contributed by atoms with Crippen molar-refractivity contribution in [2.24, 2.45) is 5.92 Å². The van der Waals surface area contributed by atoms with E-state index in [0.29, 0.717) is 18.1 Å². The lowest BCUT2D eigenvalue weighted by Gasteiger charge is -2.18. The highest BCUT2D eigenvalue weighted by Gasteiger charge is 2.16. The minimum absolute atomic E-state index is 0.446. The average molecular weight is 178 g/mol. The summed E-state index contributed by atoms with van der Waals surface area (Å²) < 4.78 is 0. The summed E-state index contributed by atoms with van der Waals surface area (Å²) >= 11 is 1.56. The van der Waals surface area contributed by atoms with Crippen molar-refractivity contribution in [3.8, 4) is 0 Å². The molecule has 0 aliphatic heterocycles. The van der Waals surface area contributed by atoms with Crippen LogP contribution in [0.25, 0.3) is 0 Å². The highest BCUT2D eigenvalue weighted by molar-refractivity contribution is 7.98. The summed E-state index contributed by atoms with van der Waals surface area (Å²) in [4.78, 5) is 0. The van der Waals surface area contributed by atoms with E-state index in [0.717, 1.165) is 0 Å². The quantitative estimate of drug-likeness (QED) is 0.662. The van der Waals surface area contributed by atoms with E-state index in [-0.39, 0.29) is 0 Å². The van der Waals surface area contributed by atoms with Crippen molar-refractivity contribution in [1.82, 2.24) is 0 Å². The predicted molar refractivity (Wildman–Crippen MR) is 49.9 cm³/mol. The van der Waals surface area contributed by atoms with E-state index in [9.17, 15) is 10.2 Å². The van der Waals surface area contributed by atoms with Crippen LogP contribution in [0.2, 0.25) is 0 Å². The molecule has 0 aliphatic carbocycles. The Hall–Kier alpha value is 0.270. The van der Waals surface area contributed by atoms with E-state index in [1.807, 2.05) is 20.1 Å². The van der Waals surface area contributed by atoms with Gasteiger partial charge in [-0.1, -0.05) is 13.8 Å². The molecular weight excluding hydrogens is 160 g/mol. The molecule has 0 spiro atoms. The predicted octanol–water partition coefficient (Wildman–Crippen LogP) is 1.12. The molecule has 0 bridgehead atoms. The van der Waals surface area contributed by atoms with Crippen LogP contribution in [0.5, 0.6) is 0 Å². The molecule has 11 heavy (non-hydrogen) atoms. The molecule has 0 aromatic carbocycles. The maximum absolute atomic E-state index is 9.36. The first-order valence-electron chi connectivity index (χ1n) is 3.93. The van der Waals surface area contributed by atoms with Crippen molar-refractivity contribution < 1.29 is 10.2 Å². The number of thioether (sulfide) groups is 1. The average Bonchev–Trinajstić information content (AvgIpc) is 1.86. The van der Waals surface area contributed by atoms with Crippen molar-refractivity contribution in [2.45, 2.75) is 32.5 Å². The summed E-state index contributed by atoms with van der Waals surface area (Å²) in [5, 5.41) is 18.7. The minimum atomic E-state index is -0.563. The lowest BCUT2D eigenvalue weighted by atomic mass is 10.0. The van der Waals surface area contributed by atoms with Crippen LogP contribution in [-0.4, -0.2) is 34.4 Å². The normalized spacial score (nSPS) is 16.9. The zero-order valence-corrected chi connectivity index (χ0v) is 8.27. The van der Waals surface area contributed by atoms with Gasteiger partial charge in [-0.2, -0.15) is 11.8 Å². The summed E-state index contributed by atoms with van der Waals surface area (Å²) in [5.41, 5.74) is 0. The molecule has 0 saturated heterocycles. The van der Waals surface area contributed by atoms with Gasteiger partial charge < -0.3 is 10.2 Å². The van der Waals surface area contributed by atoms with Gasteiger partial charge >= 0.3 is 0 Å². The monoisotopic (exact) mass is 178 g/mol. The number of hydrogen-bond donors (Lipinski definition) is 2. The van der Waals surface area contributed by atoms with Gasteiger partial charge in [0.25, 0.3) is 0 Å². The van der Waals surface area contributed by atoms with Gasteiger partial charge in [-0.05, 0) is 18.6 Å². The van der Waals surface area contributed by atoms with Gasteiger partial charge in [0.15, 0.2) is 0 Å². The number of hydrogen-bond acceptors (Lipinski definition) is 3. The van der Waals surface area contributed by atoms with Gasteiger partial charge in [0.1, 0.15) is 0 Å². The molecule has 2 N–H and O–H groups in total. The van der Waals surface area contributed by atoms with E-state index in [4.69, 9.17) is 0 Å². The molecule has 2 nitrogen and oxygen atoms in total. The SMILES string of the molecule is CSC[C@@H](O)[C@H](O)CC(C)C. The standard InChI is InChI=1S/C8H18O2S/c1-6(2)4-7(9)8(10)5-11-3/h6-10H,4-5H2,1-3H3/t7-,8-/m1/s1. The van der Waals surface area contributed by atoms with E-state index in [1.54, 1.807) is 11.8 Å². The summed E-state index contributed by atoms with van der Waals surface area (Å²) in [7, 11) is 0. The summed E-state index contributed by atoms with van der Waals surface area (Å²) in [6.45, 7) is 4.07. The lowest BCUT2D eigenvalue weighted by Crippen LogP contribution is -2.29. The number of aliphatic hydroxyl groups is 2. The molecule has 0 amide bonds. The molecular formula is C8H18O2S. The smallest absolute Gasteiger partial charge is 0.0889 e. The first-order valence-corrected chi connectivity index (χ1v) is 5.32. The molecule has 68 valence electrons. The van der Waals surface area contributed by atoms with Gasteiger partial charge in [0, 0.05) is 5.75 Å². The largest absolute Gasteiger partial charge is 0.390 e. The minimum Gasteiger partial charge on any atom is -0.390 e. The van der Waals surface area contributed by atoms with Crippen LogP contribution < -0.4 is 0 Å². The molecule has 0 heterocycles. The zero-order chi connectivity index (χ0) is 8.85. The highest BCUT2D eigenvalue weighted by atomic mass is 32.2. The fourth-order valence-electron chi connectivity index (χ4n) is 0.922. The Morgan fingerprint density at radius 2 is 1.73 bits per heavy atom. The van der Waals surface area contributed by atoms with E-state index < -0.39 is 12.2 Å². The molecule has 0 fully saturated rings. The van der Waals surface area contributed by atoms with E-state index in [2.05, 4.69) is 0 Å². The molecule has 0 unspecified atom stereocenters. The Bertz CT molecular complexity index is 96.1. The van der Waals surface area contributed by atoms with Crippen molar-refractivity contribution in [3.05, 3.63) is 0 Å². The van der Waals surface area contributed by atoms with Gasteiger partial charge in [-0.15, -0.1) is 0 Å². The second-order valence-corrected chi connectivity index (χ2v) is 4.13. The van der Waals surface area contributed by atoms with Crippen molar-refractivity contribution >= 4 is 11.8 Å². The summed E-state index contributed by atoms with van der Waals surface area (Å²) in [6.07, 6.45) is 1.49. The van der Waals surface area contributed by atoms with Gasteiger partial charge in [0.05, 0.1) is 12.2 Å². The van der Waals surface area contributed by atoms with Gasteiger partial charge in [0.2, 0.25) is 0 Å². The molecule has 0 aromatic heterocycles. The van der Waals surface area contributed by atoms with Crippen molar-refractivity contribution in [1.29, 1.82) is 0 Å². The van der Waals surface area contributed by atoms with Crippen LogP contribution in [0.4, 0.5) is 0 Å². The third-order valence-corrected chi connectivity index (χ3v) is 2.17.